The number of benzene rings is 1. The molecule has 0 atom stereocenters. The third-order valence-electron chi connectivity index (χ3n) is 2.53. The molecule has 0 aliphatic heterocycles. The van der Waals surface area contributed by atoms with E-state index >= 15 is 0 Å². The van der Waals surface area contributed by atoms with E-state index in [0.717, 1.165) is 11.6 Å². The summed E-state index contributed by atoms with van der Waals surface area (Å²) in [6.45, 7) is 0.197. The van der Waals surface area contributed by atoms with Crippen molar-refractivity contribution in [1.82, 2.24) is 9.71 Å². The van der Waals surface area contributed by atoms with Gasteiger partial charge in [-0.15, -0.1) is 0 Å². The molecule has 0 bridgehead atoms. The first-order valence-electron chi connectivity index (χ1n) is 5.74. The van der Waals surface area contributed by atoms with Crippen molar-refractivity contribution in [2.75, 3.05) is 6.54 Å². The molecular weight excluding hydrogens is 267 g/mol. The molecule has 1 aromatic heterocycles. The highest BCUT2D eigenvalue weighted by Crippen LogP contribution is 2.09. The molecule has 1 N–H and O–H groups in total. The Morgan fingerprint density at radius 1 is 1.11 bits per heavy atom. The third kappa shape index (κ3) is 3.59. The Hall–Kier alpha value is -1.79. The molecule has 4 nitrogen and oxygen atoms in total. The first-order chi connectivity index (χ1) is 9.09. The number of sulfonamides is 1. The molecule has 0 spiro atoms. The lowest BCUT2D eigenvalue weighted by Crippen LogP contribution is -2.27. The van der Waals surface area contributed by atoms with Crippen molar-refractivity contribution in [3.8, 4) is 0 Å². The van der Waals surface area contributed by atoms with E-state index in [2.05, 4.69) is 9.71 Å². The molecule has 0 amide bonds. The van der Waals surface area contributed by atoms with Gasteiger partial charge in [-0.25, -0.2) is 22.5 Å². The fraction of sp³-hybridized carbons (Fsp3) is 0.154. The van der Waals surface area contributed by atoms with Crippen molar-refractivity contribution >= 4 is 10.0 Å². The summed E-state index contributed by atoms with van der Waals surface area (Å²) >= 11 is 0. The maximum atomic E-state index is 13.4. The Bertz CT molecular complexity index is 645. The van der Waals surface area contributed by atoms with E-state index < -0.39 is 20.9 Å². The molecule has 0 unspecified atom stereocenters. The smallest absolute Gasteiger partial charge is 0.241 e. The van der Waals surface area contributed by atoms with Crippen LogP contribution in [0, 0.1) is 5.82 Å². The van der Waals surface area contributed by atoms with E-state index in [1.54, 1.807) is 0 Å². The average molecular weight is 280 g/mol. The topological polar surface area (TPSA) is 59.1 Å². The second kappa shape index (κ2) is 5.90. The normalized spacial score (nSPS) is 11.4. The fourth-order valence-corrected chi connectivity index (χ4v) is 2.64. The Kier molecular flexibility index (Phi) is 4.24. The van der Waals surface area contributed by atoms with Gasteiger partial charge in [-0.05, 0) is 24.1 Å². The van der Waals surface area contributed by atoms with Gasteiger partial charge in [0.05, 0.1) is 0 Å². The molecule has 0 fully saturated rings. The summed E-state index contributed by atoms with van der Waals surface area (Å²) in [5.74, 6) is -0.852. The Balaban J connectivity index is 2.01. The van der Waals surface area contributed by atoms with E-state index in [0.29, 0.717) is 6.42 Å². The molecule has 2 rings (SSSR count). The number of pyridine rings is 1. The summed E-state index contributed by atoms with van der Waals surface area (Å²) in [6, 6.07) is 11.9. The Morgan fingerprint density at radius 2 is 1.84 bits per heavy atom. The quantitative estimate of drug-likeness (QED) is 0.907. The van der Waals surface area contributed by atoms with Gasteiger partial charge in [0.15, 0.2) is 5.82 Å². The number of halogens is 1. The largest absolute Gasteiger partial charge is 0.261 e. The SMILES string of the molecule is O=S(=O)(NCCc1ccccc1)c1ncccc1F. The van der Waals surface area contributed by atoms with E-state index in [1.807, 2.05) is 30.3 Å². The Labute approximate surface area is 111 Å². The van der Waals surface area contributed by atoms with E-state index in [4.69, 9.17) is 0 Å². The van der Waals surface area contributed by atoms with Crippen molar-refractivity contribution in [3.63, 3.8) is 0 Å². The lowest BCUT2D eigenvalue weighted by molar-refractivity contribution is 0.545. The summed E-state index contributed by atoms with van der Waals surface area (Å²) in [5.41, 5.74) is 1.01. The number of aromatic nitrogens is 1. The number of nitrogens with zero attached hydrogens (tertiary/aromatic N) is 1. The lowest BCUT2D eigenvalue weighted by Gasteiger charge is -2.06. The van der Waals surface area contributed by atoms with Crippen molar-refractivity contribution in [1.29, 1.82) is 0 Å². The van der Waals surface area contributed by atoms with Crippen molar-refractivity contribution in [3.05, 3.63) is 60.0 Å². The molecule has 6 heteroatoms. The highest BCUT2D eigenvalue weighted by atomic mass is 32.2. The van der Waals surface area contributed by atoms with Crippen LogP contribution in [0.3, 0.4) is 0 Å². The first-order valence-corrected chi connectivity index (χ1v) is 7.22. The number of hydrogen-bond donors (Lipinski definition) is 1. The van der Waals surface area contributed by atoms with Crippen molar-refractivity contribution < 1.29 is 12.8 Å². The van der Waals surface area contributed by atoms with Crippen LogP contribution in [0.5, 0.6) is 0 Å². The van der Waals surface area contributed by atoms with Crippen molar-refractivity contribution in [2.24, 2.45) is 0 Å². The summed E-state index contributed by atoms with van der Waals surface area (Å²) in [7, 11) is -3.90. The van der Waals surface area contributed by atoms with Gasteiger partial charge in [-0.2, -0.15) is 0 Å². The van der Waals surface area contributed by atoms with Gasteiger partial charge in [0.2, 0.25) is 5.03 Å². The minimum Gasteiger partial charge on any atom is -0.241 e. The number of hydrogen-bond acceptors (Lipinski definition) is 3. The zero-order valence-corrected chi connectivity index (χ0v) is 10.9. The van der Waals surface area contributed by atoms with Gasteiger partial charge in [-0.3, -0.25) is 0 Å². The Morgan fingerprint density at radius 3 is 2.53 bits per heavy atom. The number of nitrogens with one attached hydrogen (secondary N) is 1. The standard InChI is InChI=1S/C13H13FN2O2S/c14-12-7-4-9-15-13(12)19(17,18)16-10-8-11-5-2-1-3-6-11/h1-7,9,16H,8,10H2. The maximum absolute atomic E-state index is 13.4. The molecule has 100 valence electrons. The summed E-state index contributed by atoms with van der Waals surface area (Å²) in [5, 5.41) is -0.567. The molecular formula is C13H13FN2O2S. The van der Waals surface area contributed by atoms with Crippen molar-refractivity contribution in [2.45, 2.75) is 11.4 Å². The summed E-state index contributed by atoms with van der Waals surface area (Å²) in [6.07, 6.45) is 1.78. The van der Waals surface area contributed by atoms with E-state index in [9.17, 15) is 12.8 Å². The third-order valence-corrected chi connectivity index (χ3v) is 3.92. The van der Waals surface area contributed by atoms with Crippen LogP contribution >= 0.6 is 0 Å². The second-order valence-corrected chi connectivity index (χ2v) is 5.61. The van der Waals surface area contributed by atoms with E-state index in [-0.39, 0.29) is 6.54 Å². The van der Waals surface area contributed by atoms with Crippen LogP contribution in [0.4, 0.5) is 4.39 Å². The lowest BCUT2D eigenvalue weighted by atomic mass is 10.2. The average Bonchev–Trinajstić information content (AvgIpc) is 2.40. The molecule has 0 radical (unpaired) electrons. The molecule has 1 aromatic carbocycles. The first kappa shape index (κ1) is 13.6. The van der Waals surface area contributed by atoms with Crippen LogP contribution in [0.1, 0.15) is 5.56 Å². The highest BCUT2D eigenvalue weighted by molar-refractivity contribution is 7.89. The van der Waals surface area contributed by atoms with Gasteiger partial charge in [0.1, 0.15) is 0 Å². The molecule has 19 heavy (non-hydrogen) atoms. The fourth-order valence-electron chi connectivity index (χ4n) is 1.61. The van der Waals surface area contributed by atoms with Crippen LogP contribution < -0.4 is 4.72 Å². The molecule has 0 aliphatic carbocycles. The molecule has 0 saturated carbocycles. The summed E-state index contributed by atoms with van der Waals surface area (Å²) < 4.78 is 39.3. The molecule has 2 aromatic rings. The molecule has 1 heterocycles. The van der Waals surface area contributed by atoms with Crippen LogP contribution in [0.15, 0.2) is 53.7 Å². The van der Waals surface area contributed by atoms with Crippen LogP contribution in [-0.4, -0.2) is 19.9 Å². The predicted molar refractivity (Wildman–Crippen MR) is 69.5 cm³/mol. The highest BCUT2D eigenvalue weighted by Gasteiger charge is 2.19. The van der Waals surface area contributed by atoms with Gasteiger partial charge in [0.25, 0.3) is 10.0 Å². The molecule has 0 aliphatic rings. The zero-order valence-electron chi connectivity index (χ0n) is 10.1. The van der Waals surface area contributed by atoms with Crippen LogP contribution in [0.25, 0.3) is 0 Å². The van der Waals surface area contributed by atoms with Gasteiger partial charge in [-0.1, -0.05) is 30.3 Å². The molecule has 0 saturated heterocycles. The minimum atomic E-state index is -3.90. The monoisotopic (exact) mass is 280 g/mol. The van der Waals surface area contributed by atoms with Gasteiger partial charge >= 0.3 is 0 Å². The second-order valence-electron chi connectivity index (χ2n) is 3.92. The minimum absolute atomic E-state index is 0.197. The van der Waals surface area contributed by atoms with Crippen LogP contribution in [-0.2, 0) is 16.4 Å². The van der Waals surface area contributed by atoms with E-state index in [1.165, 1.54) is 12.3 Å². The maximum Gasteiger partial charge on any atom is 0.261 e. The summed E-state index contributed by atoms with van der Waals surface area (Å²) in [4.78, 5) is 3.55. The zero-order chi connectivity index (χ0) is 13.7. The van der Waals surface area contributed by atoms with Gasteiger partial charge < -0.3 is 0 Å². The number of rotatable bonds is 5. The van der Waals surface area contributed by atoms with Crippen LogP contribution in [0.2, 0.25) is 0 Å². The predicted octanol–water partition coefficient (Wildman–Crippen LogP) is 1.74. The van der Waals surface area contributed by atoms with Gasteiger partial charge in [0, 0.05) is 12.7 Å².